The van der Waals surface area contributed by atoms with E-state index in [9.17, 15) is 4.79 Å². The Hall–Kier alpha value is -1.36. The first kappa shape index (κ1) is 12.7. The number of aryl methyl sites for hydroxylation is 1. The maximum atomic E-state index is 12.2. The lowest BCUT2D eigenvalue weighted by atomic mass is 10.1. The van der Waals surface area contributed by atoms with Gasteiger partial charge in [-0.15, -0.1) is 0 Å². The lowest BCUT2D eigenvalue weighted by Crippen LogP contribution is -2.37. The van der Waals surface area contributed by atoms with Gasteiger partial charge in [0.1, 0.15) is 6.61 Å². The second-order valence-corrected chi connectivity index (χ2v) is 5.55. The molecule has 0 radical (unpaired) electrons. The minimum Gasteiger partial charge on any atom is -0.371 e. The topological polar surface area (TPSA) is 58.2 Å². The fourth-order valence-corrected chi connectivity index (χ4v) is 3.08. The van der Waals surface area contributed by atoms with Gasteiger partial charge in [-0.2, -0.15) is 5.10 Å². The number of hydrogen-bond donors (Lipinski definition) is 1. The molecule has 5 nitrogen and oxygen atoms in total. The molecule has 1 aromatic heterocycles. The van der Waals surface area contributed by atoms with E-state index in [-0.39, 0.29) is 12.5 Å². The number of carbonyl (C=O) groups is 1. The Labute approximate surface area is 113 Å². The maximum absolute atomic E-state index is 12.2. The number of anilines is 1. The predicted molar refractivity (Wildman–Crippen MR) is 72.0 cm³/mol. The van der Waals surface area contributed by atoms with Gasteiger partial charge in [0.15, 0.2) is 0 Å². The van der Waals surface area contributed by atoms with Crippen molar-refractivity contribution >= 4 is 11.6 Å². The van der Waals surface area contributed by atoms with Crippen LogP contribution >= 0.6 is 0 Å². The first-order valence-corrected chi connectivity index (χ1v) is 7.25. The van der Waals surface area contributed by atoms with Crippen molar-refractivity contribution in [1.29, 1.82) is 0 Å². The molecule has 3 rings (SSSR count). The summed E-state index contributed by atoms with van der Waals surface area (Å²) in [6.07, 6.45) is 8.83. The van der Waals surface area contributed by atoms with E-state index >= 15 is 0 Å². The first-order chi connectivity index (χ1) is 9.34. The van der Waals surface area contributed by atoms with Crippen LogP contribution in [0.2, 0.25) is 0 Å². The third-order valence-electron chi connectivity index (χ3n) is 4.15. The molecule has 19 heavy (non-hydrogen) atoms. The van der Waals surface area contributed by atoms with Gasteiger partial charge >= 0.3 is 0 Å². The van der Waals surface area contributed by atoms with Crippen LogP contribution in [0.15, 0.2) is 6.20 Å². The summed E-state index contributed by atoms with van der Waals surface area (Å²) >= 11 is 0. The number of nitrogens with one attached hydrogen (secondary N) is 1. The molecule has 5 heteroatoms. The molecule has 0 unspecified atom stereocenters. The van der Waals surface area contributed by atoms with E-state index in [2.05, 4.69) is 10.2 Å². The van der Waals surface area contributed by atoms with Gasteiger partial charge in [-0.25, -0.2) is 0 Å². The molecule has 2 heterocycles. The second kappa shape index (κ2) is 5.74. The number of rotatable bonds is 4. The zero-order valence-corrected chi connectivity index (χ0v) is 11.2. The second-order valence-electron chi connectivity index (χ2n) is 5.55. The van der Waals surface area contributed by atoms with E-state index in [1.807, 2.05) is 0 Å². The van der Waals surface area contributed by atoms with Crippen molar-refractivity contribution in [3.05, 3.63) is 11.9 Å². The van der Waals surface area contributed by atoms with Crippen LogP contribution in [-0.2, 0) is 16.0 Å². The Kier molecular flexibility index (Phi) is 3.82. The summed E-state index contributed by atoms with van der Waals surface area (Å²) in [5, 5.41) is 6.98. The van der Waals surface area contributed by atoms with Crippen LogP contribution in [0.1, 0.15) is 37.8 Å². The van der Waals surface area contributed by atoms with Gasteiger partial charge < -0.3 is 9.64 Å². The Morgan fingerprint density at radius 3 is 3.11 bits per heavy atom. The van der Waals surface area contributed by atoms with Crippen molar-refractivity contribution in [2.24, 2.45) is 5.92 Å². The molecule has 1 aromatic rings. The average molecular weight is 263 g/mol. The molecule has 2 aliphatic rings. The Morgan fingerprint density at radius 1 is 1.42 bits per heavy atom. The van der Waals surface area contributed by atoms with Crippen molar-refractivity contribution in [2.45, 2.75) is 38.5 Å². The van der Waals surface area contributed by atoms with Crippen LogP contribution in [0.4, 0.5) is 5.69 Å². The minimum absolute atomic E-state index is 0.0559. The Morgan fingerprint density at radius 2 is 2.26 bits per heavy atom. The third kappa shape index (κ3) is 2.81. The molecule has 1 amide bonds. The molecule has 0 bridgehead atoms. The fraction of sp³-hybridized carbons (Fsp3) is 0.714. The monoisotopic (exact) mass is 263 g/mol. The third-order valence-corrected chi connectivity index (χ3v) is 4.15. The van der Waals surface area contributed by atoms with E-state index in [4.69, 9.17) is 4.74 Å². The summed E-state index contributed by atoms with van der Waals surface area (Å²) in [6.45, 7) is 1.71. The molecule has 1 aliphatic heterocycles. The molecule has 1 fully saturated rings. The van der Waals surface area contributed by atoms with Crippen LogP contribution < -0.4 is 4.90 Å². The molecule has 104 valence electrons. The van der Waals surface area contributed by atoms with Gasteiger partial charge in [0.05, 0.1) is 24.2 Å². The SMILES string of the molecule is O=C(COCC1CCCC1)N1CCCc2[nH]ncc21. The quantitative estimate of drug-likeness (QED) is 0.902. The number of carbonyl (C=O) groups excluding carboxylic acids is 1. The summed E-state index contributed by atoms with van der Waals surface area (Å²) in [5.74, 6) is 0.721. The summed E-state index contributed by atoms with van der Waals surface area (Å²) in [5.41, 5.74) is 2.00. The lowest BCUT2D eigenvalue weighted by molar-refractivity contribution is -0.123. The van der Waals surface area contributed by atoms with Crippen LogP contribution in [0, 0.1) is 5.92 Å². The van der Waals surface area contributed by atoms with E-state index in [0.717, 1.165) is 37.4 Å². The van der Waals surface area contributed by atoms with Crippen molar-refractivity contribution in [3.63, 3.8) is 0 Å². The van der Waals surface area contributed by atoms with Gasteiger partial charge in [-0.05, 0) is 31.6 Å². The van der Waals surface area contributed by atoms with Gasteiger partial charge in [0.2, 0.25) is 0 Å². The fourth-order valence-electron chi connectivity index (χ4n) is 3.08. The number of hydrogen-bond acceptors (Lipinski definition) is 3. The zero-order chi connectivity index (χ0) is 13.1. The van der Waals surface area contributed by atoms with E-state index in [0.29, 0.717) is 5.92 Å². The van der Waals surface area contributed by atoms with Crippen molar-refractivity contribution < 1.29 is 9.53 Å². The van der Waals surface area contributed by atoms with Crippen LogP contribution in [-0.4, -0.2) is 35.9 Å². The Balaban J connectivity index is 1.51. The first-order valence-electron chi connectivity index (χ1n) is 7.25. The van der Waals surface area contributed by atoms with Crippen molar-refractivity contribution in [1.82, 2.24) is 10.2 Å². The minimum atomic E-state index is 0.0559. The van der Waals surface area contributed by atoms with Gasteiger partial charge in [0, 0.05) is 6.54 Å². The largest absolute Gasteiger partial charge is 0.371 e. The highest BCUT2D eigenvalue weighted by Gasteiger charge is 2.24. The zero-order valence-electron chi connectivity index (χ0n) is 11.2. The van der Waals surface area contributed by atoms with Crippen LogP contribution in [0.3, 0.4) is 0 Å². The molecule has 1 aliphatic carbocycles. The summed E-state index contributed by atoms with van der Waals surface area (Å²) < 4.78 is 5.60. The highest BCUT2D eigenvalue weighted by Crippen LogP contribution is 2.26. The highest BCUT2D eigenvalue weighted by atomic mass is 16.5. The van der Waals surface area contributed by atoms with Gasteiger partial charge in [-0.3, -0.25) is 9.89 Å². The number of aromatic amines is 1. The maximum Gasteiger partial charge on any atom is 0.253 e. The van der Waals surface area contributed by atoms with Crippen LogP contribution in [0.25, 0.3) is 0 Å². The Bertz CT molecular complexity index is 438. The standard InChI is InChI=1S/C14H21N3O2/c18-14(10-19-9-11-4-1-2-5-11)17-7-3-6-12-13(17)8-15-16-12/h8,11H,1-7,9-10H2,(H,15,16). The summed E-state index contributed by atoms with van der Waals surface area (Å²) in [4.78, 5) is 14.0. The van der Waals surface area contributed by atoms with Crippen molar-refractivity contribution in [2.75, 3.05) is 24.7 Å². The molecule has 0 spiro atoms. The molecular formula is C14H21N3O2. The molecular weight excluding hydrogens is 242 g/mol. The average Bonchev–Trinajstić information content (AvgIpc) is 3.08. The smallest absolute Gasteiger partial charge is 0.253 e. The number of ether oxygens (including phenoxy) is 1. The number of nitrogens with zero attached hydrogens (tertiary/aromatic N) is 2. The predicted octanol–water partition coefficient (Wildman–Crippen LogP) is 1.90. The molecule has 0 saturated heterocycles. The lowest BCUT2D eigenvalue weighted by Gasteiger charge is -2.26. The molecule has 1 N–H and O–H groups in total. The molecule has 0 atom stereocenters. The van der Waals surface area contributed by atoms with E-state index in [1.165, 1.54) is 25.7 Å². The normalized spacial score (nSPS) is 19.7. The number of amides is 1. The van der Waals surface area contributed by atoms with Crippen LogP contribution in [0.5, 0.6) is 0 Å². The number of aromatic nitrogens is 2. The van der Waals surface area contributed by atoms with Crippen molar-refractivity contribution in [3.8, 4) is 0 Å². The number of H-pyrrole nitrogens is 1. The molecule has 1 saturated carbocycles. The van der Waals surface area contributed by atoms with E-state index < -0.39 is 0 Å². The van der Waals surface area contributed by atoms with Gasteiger partial charge in [0.25, 0.3) is 5.91 Å². The summed E-state index contributed by atoms with van der Waals surface area (Å²) in [7, 11) is 0. The van der Waals surface area contributed by atoms with Gasteiger partial charge in [-0.1, -0.05) is 12.8 Å². The van der Waals surface area contributed by atoms with E-state index in [1.54, 1.807) is 11.1 Å². The summed E-state index contributed by atoms with van der Waals surface area (Å²) in [6, 6.07) is 0. The highest BCUT2D eigenvalue weighted by molar-refractivity contribution is 5.95. The number of fused-ring (bicyclic) bond motifs is 1. The molecule has 0 aromatic carbocycles.